The number of nitrogens with zero attached hydrogens (tertiary/aromatic N) is 1. The van der Waals surface area contributed by atoms with E-state index in [0.29, 0.717) is 22.5 Å². The van der Waals surface area contributed by atoms with E-state index in [1.165, 1.54) is 0 Å². The molecule has 1 atom stereocenters. The van der Waals surface area contributed by atoms with Gasteiger partial charge in [0.1, 0.15) is 10.7 Å². The molecule has 0 aliphatic heterocycles. The predicted octanol–water partition coefficient (Wildman–Crippen LogP) is 2.42. The average Bonchev–Trinajstić information content (AvgIpc) is 2.25. The molecule has 1 heterocycles. The Morgan fingerprint density at radius 3 is 2.75 bits per heavy atom. The van der Waals surface area contributed by atoms with E-state index in [4.69, 9.17) is 18.0 Å². The van der Waals surface area contributed by atoms with Gasteiger partial charge in [0.15, 0.2) is 0 Å². The van der Waals surface area contributed by atoms with E-state index in [1.807, 2.05) is 12.1 Å². The largest absolute Gasteiger partial charge is 0.388 e. The zero-order valence-electron chi connectivity index (χ0n) is 10.0. The SMILES string of the molecule is CC(C)C(C)CNc1cccnc1C(N)=S. The fraction of sp³-hybridized carbons (Fsp3) is 0.500. The van der Waals surface area contributed by atoms with E-state index >= 15 is 0 Å². The molecule has 3 N–H and O–H groups in total. The highest BCUT2D eigenvalue weighted by molar-refractivity contribution is 7.80. The summed E-state index contributed by atoms with van der Waals surface area (Å²) in [6, 6.07) is 3.83. The first-order valence-electron chi connectivity index (χ1n) is 5.51. The Morgan fingerprint density at radius 1 is 1.50 bits per heavy atom. The van der Waals surface area contributed by atoms with E-state index < -0.39 is 0 Å². The third-order valence-electron chi connectivity index (χ3n) is 2.79. The topological polar surface area (TPSA) is 50.9 Å². The van der Waals surface area contributed by atoms with Crippen molar-refractivity contribution in [2.24, 2.45) is 17.6 Å². The minimum absolute atomic E-state index is 0.334. The average molecular weight is 237 g/mol. The Kier molecular flexibility index (Phi) is 4.68. The predicted molar refractivity (Wildman–Crippen MR) is 72.6 cm³/mol. The Morgan fingerprint density at radius 2 is 2.19 bits per heavy atom. The van der Waals surface area contributed by atoms with Gasteiger partial charge in [0.25, 0.3) is 0 Å². The van der Waals surface area contributed by atoms with Gasteiger partial charge in [0, 0.05) is 12.7 Å². The molecule has 0 bridgehead atoms. The second kappa shape index (κ2) is 5.80. The van der Waals surface area contributed by atoms with Crippen LogP contribution >= 0.6 is 12.2 Å². The molecule has 88 valence electrons. The van der Waals surface area contributed by atoms with Gasteiger partial charge in [0.2, 0.25) is 0 Å². The fourth-order valence-electron chi connectivity index (χ4n) is 1.25. The molecule has 0 aliphatic rings. The van der Waals surface area contributed by atoms with Crippen molar-refractivity contribution in [3.05, 3.63) is 24.0 Å². The second-order valence-corrected chi connectivity index (χ2v) is 4.81. The third-order valence-corrected chi connectivity index (χ3v) is 2.99. The van der Waals surface area contributed by atoms with Crippen LogP contribution in [-0.4, -0.2) is 16.5 Å². The maximum Gasteiger partial charge on any atom is 0.124 e. The first-order valence-corrected chi connectivity index (χ1v) is 5.92. The number of rotatable bonds is 5. The van der Waals surface area contributed by atoms with Gasteiger partial charge in [-0.25, -0.2) is 0 Å². The van der Waals surface area contributed by atoms with Crippen LogP contribution in [0.1, 0.15) is 26.5 Å². The standard InChI is InChI=1S/C12H19N3S/c1-8(2)9(3)7-15-10-5-4-6-14-11(10)12(13)16/h4-6,8-9,15H,7H2,1-3H3,(H2,13,16). The summed E-state index contributed by atoms with van der Waals surface area (Å²) in [7, 11) is 0. The molecule has 0 saturated heterocycles. The molecule has 1 aromatic rings. The molecular weight excluding hydrogens is 218 g/mol. The van der Waals surface area contributed by atoms with Crippen molar-refractivity contribution in [3.8, 4) is 0 Å². The molecule has 0 amide bonds. The quantitative estimate of drug-likeness (QED) is 0.772. The summed E-state index contributed by atoms with van der Waals surface area (Å²) in [5, 5.41) is 3.35. The number of anilines is 1. The van der Waals surface area contributed by atoms with Gasteiger partial charge in [0.05, 0.1) is 5.69 Å². The number of pyridine rings is 1. The van der Waals surface area contributed by atoms with Crippen LogP contribution in [0, 0.1) is 11.8 Å². The molecule has 0 spiro atoms. The summed E-state index contributed by atoms with van der Waals surface area (Å²) in [6.07, 6.45) is 1.70. The van der Waals surface area contributed by atoms with Crippen molar-refractivity contribution >= 4 is 22.9 Å². The van der Waals surface area contributed by atoms with Crippen LogP contribution < -0.4 is 11.1 Å². The fourth-order valence-corrected chi connectivity index (χ4v) is 1.41. The summed E-state index contributed by atoms with van der Waals surface area (Å²) in [6.45, 7) is 7.54. The minimum atomic E-state index is 0.334. The molecule has 1 rings (SSSR count). The van der Waals surface area contributed by atoms with Gasteiger partial charge in [-0.05, 0) is 24.0 Å². The van der Waals surface area contributed by atoms with E-state index in [1.54, 1.807) is 6.20 Å². The smallest absolute Gasteiger partial charge is 0.124 e. The van der Waals surface area contributed by atoms with Crippen molar-refractivity contribution in [2.45, 2.75) is 20.8 Å². The maximum atomic E-state index is 5.61. The summed E-state index contributed by atoms with van der Waals surface area (Å²) in [5.74, 6) is 1.25. The van der Waals surface area contributed by atoms with Crippen molar-refractivity contribution in [3.63, 3.8) is 0 Å². The number of nitrogens with two attached hydrogens (primary N) is 1. The Balaban J connectivity index is 2.70. The molecule has 16 heavy (non-hydrogen) atoms. The zero-order chi connectivity index (χ0) is 12.1. The molecule has 0 fully saturated rings. The van der Waals surface area contributed by atoms with E-state index in [9.17, 15) is 0 Å². The molecule has 0 saturated carbocycles. The van der Waals surface area contributed by atoms with Crippen LogP contribution in [0.15, 0.2) is 18.3 Å². The van der Waals surface area contributed by atoms with E-state index in [0.717, 1.165) is 12.2 Å². The molecule has 0 aliphatic carbocycles. The highest BCUT2D eigenvalue weighted by Gasteiger charge is 2.09. The molecule has 0 radical (unpaired) electrons. The summed E-state index contributed by atoms with van der Waals surface area (Å²) >= 11 is 4.96. The highest BCUT2D eigenvalue weighted by atomic mass is 32.1. The third kappa shape index (κ3) is 3.45. The Labute approximate surface area is 102 Å². The molecule has 0 aromatic carbocycles. The van der Waals surface area contributed by atoms with Gasteiger partial charge in [-0.2, -0.15) is 0 Å². The van der Waals surface area contributed by atoms with Crippen LogP contribution in [0.3, 0.4) is 0 Å². The monoisotopic (exact) mass is 237 g/mol. The van der Waals surface area contributed by atoms with Gasteiger partial charge in [-0.1, -0.05) is 33.0 Å². The number of hydrogen-bond acceptors (Lipinski definition) is 3. The van der Waals surface area contributed by atoms with E-state index in [-0.39, 0.29) is 0 Å². The Bertz CT molecular complexity index is 363. The molecule has 1 unspecified atom stereocenters. The number of aromatic nitrogens is 1. The van der Waals surface area contributed by atoms with Crippen LogP contribution in [0.5, 0.6) is 0 Å². The summed E-state index contributed by atoms with van der Waals surface area (Å²) < 4.78 is 0. The van der Waals surface area contributed by atoms with Gasteiger partial charge >= 0.3 is 0 Å². The number of hydrogen-bond donors (Lipinski definition) is 2. The normalized spacial score (nSPS) is 12.5. The van der Waals surface area contributed by atoms with E-state index in [2.05, 4.69) is 31.1 Å². The minimum Gasteiger partial charge on any atom is -0.388 e. The molecule has 3 nitrogen and oxygen atoms in total. The van der Waals surface area contributed by atoms with Crippen LogP contribution in [0.4, 0.5) is 5.69 Å². The lowest BCUT2D eigenvalue weighted by atomic mass is 9.98. The molecular formula is C12H19N3S. The van der Waals surface area contributed by atoms with Crippen molar-refractivity contribution in [1.29, 1.82) is 0 Å². The zero-order valence-corrected chi connectivity index (χ0v) is 10.8. The van der Waals surface area contributed by atoms with Gasteiger partial charge < -0.3 is 11.1 Å². The van der Waals surface area contributed by atoms with Crippen molar-refractivity contribution in [1.82, 2.24) is 4.98 Å². The van der Waals surface area contributed by atoms with Crippen LogP contribution in [0.2, 0.25) is 0 Å². The first kappa shape index (κ1) is 12.9. The summed E-state index contributed by atoms with van der Waals surface area (Å²) in [4.78, 5) is 4.51. The van der Waals surface area contributed by atoms with Crippen molar-refractivity contribution < 1.29 is 0 Å². The first-order chi connectivity index (χ1) is 7.52. The van der Waals surface area contributed by atoms with Crippen molar-refractivity contribution in [2.75, 3.05) is 11.9 Å². The van der Waals surface area contributed by atoms with Crippen LogP contribution in [0.25, 0.3) is 0 Å². The van der Waals surface area contributed by atoms with Gasteiger partial charge in [-0.3, -0.25) is 4.98 Å². The number of nitrogens with one attached hydrogen (secondary N) is 1. The maximum absolute atomic E-state index is 5.61. The molecule has 4 heteroatoms. The lowest BCUT2D eigenvalue weighted by molar-refractivity contribution is 0.439. The highest BCUT2D eigenvalue weighted by Crippen LogP contribution is 2.15. The lowest BCUT2D eigenvalue weighted by Crippen LogP contribution is -2.20. The van der Waals surface area contributed by atoms with Gasteiger partial charge in [-0.15, -0.1) is 0 Å². The summed E-state index contributed by atoms with van der Waals surface area (Å²) in [5.41, 5.74) is 7.20. The number of thiocarbonyl (C=S) groups is 1. The lowest BCUT2D eigenvalue weighted by Gasteiger charge is -2.17. The molecule has 1 aromatic heterocycles. The Hall–Kier alpha value is -1.16. The second-order valence-electron chi connectivity index (χ2n) is 4.37. The van der Waals surface area contributed by atoms with Crippen LogP contribution in [-0.2, 0) is 0 Å².